The summed E-state index contributed by atoms with van der Waals surface area (Å²) >= 11 is 0. The maximum absolute atomic E-state index is 12.9. The fourth-order valence-corrected chi connectivity index (χ4v) is 3.48. The first-order valence-corrected chi connectivity index (χ1v) is 6.96. The van der Waals surface area contributed by atoms with Crippen LogP contribution in [-0.4, -0.2) is 32.5 Å². The van der Waals surface area contributed by atoms with E-state index in [0.29, 0.717) is 19.5 Å². The zero-order valence-electron chi connectivity index (χ0n) is 8.82. The summed E-state index contributed by atoms with van der Waals surface area (Å²) in [6, 6.07) is 6.11. The molecule has 1 saturated heterocycles. The third-order valence-corrected chi connectivity index (χ3v) is 4.92. The largest absolute Gasteiger partial charge is 0.314 e. The molecule has 2 rings (SSSR count). The molecule has 0 spiro atoms. The Morgan fingerprint density at radius 1 is 1.44 bits per heavy atom. The predicted molar refractivity (Wildman–Crippen MR) is 60.5 cm³/mol. The van der Waals surface area contributed by atoms with Crippen LogP contribution in [0.2, 0.25) is 0 Å². The van der Waals surface area contributed by atoms with Crippen molar-refractivity contribution in [3.63, 3.8) is 0 Å². The summed E-state index contributed by atoms with van der Waals surface area (Å²) in [4.78, 5) is 0. The molecule has 0 aromatic heterocycles. The van der Waals surface area contributed by atoms with Crippen LogP contribution in [0.1, 0.15) is 5.56 Å². The SMILES string of the molecule is O=S1(=O)CCNCC1Cc1cccc(F)c1. The van der Waals surface area contributed by atoms with Gasteiger partial charge in [-0.1, -0.05) is 12.1 Å². The van der Waals surface area contributed by atoms with Crippen molar-refractivity contribution in [2.45, 2.75) is 11.7 Å². The van der Waals surface area contributed by atoms with Crippen molar-refractivity contribution in [2.75, 3.05) is 18.8 Å². The average Bonchev–Trinajstić information content (AvgIpc) is 2.21. The molecule has 0 radical (unpaired) electrons. The van der Waals surface area contributed by atoms with Crippen LogP contribution < -0.4 is 5.32 Å². The normalized spacial score (nSPS) is 24.2. The molecule has 3 nitrogen and oxygen atoms in total. The summed E-state index contributed by atoms with van der Waals surface area (Å²) in [5.74, 6) is -0.147. The second kappa shape index (κ2) is 4.51. The van der Waals surface area contributed by atoms with Crippen LogP contribution in [0, 0.1) is 5.82 Å². The van der Waals surface area contributed by atoms with Crippen molar-refractivity contribution in [1.82, 2.24) is 5.32 Å². The van der Waals surface area contributed by atoms with E-state index in [1.54, 1.807) is 12.1 Å². The molecule has 16 heavy (non-hydrogen) atoms. The maximum atomic E-state index is 12.9. The molecular formula is C11H14FNO2S. The van der Waals surface area contributed by atoms with Crippen LogP contribution in [0.25, 0.3) is 0 Å². The van der Waals surface area contributed by atoms with Crippen molar-refractivity contribution < 1.29 is 12.8 Å². The zero-order chi connectivity index (χ0) is 11.6. The standard InChI is InChI=1S/C11H14FNO2S/c12-10-3-1-2-9(6-10)7-11-8-13-4-5-16(11,14)15/h1-3,6,11,13H,4-5,7-8H2. The summed E-state index contributed by atoms with van der Waals surface area (Å²) in [5, 5.41) is 2.62. The van der Waals surface area contributed by atoms with E-state index in [-0.39, 0.29) is 11.6 Å². The second-order valence-corrected chi connectivity index (χ2v) is 6.43. The molecule has 0 bridgehead atoms. The Balaban J connectivity index is 2.15. The van der Waals surface area contributed by atoms with Gasteiger partial charge in [0.15, 0.2) is 9.84 Å². The summed E-state index contributed by atoms with van der Waals surface area (Å²) < 4.78 is 36.4. The van der Waals surface area contributed by atoms with Crippen LogP contribution in [-0.2, 0) is 16.3 Å². The third-order valence-electron chi connectivity index (χ3n) is 2.80. The van der Waals surface area contributed by atoms with E-state index in [9.17, 15) is 12.8 Å². The highest BCUT2D eigenvalue weighted by atomic mass is 32.2. The van der Waals surface area contributed by atoms with Gasteiger partial charge >= 0.3 is 0 Å². The number of halogens is 1. The van der Waals surface area contributed by atoms with E-state index in [1.807, 2.05) is 0 Å². The first-order chi connectivity index (χ1) is 7.58. The van der Waals surface area contributed by atoms with Crippen molar-refractivity contribution in [1.29, 1.82) is 0 Å². The summed E-state index contributed by atoms with van der Waals surface area (Å²) in [5.41, 5.74) is 0.734. The molecule has 1 fully saturated rings. The van der Waals surface area contributed by atoms with Crippen molar-refractivity contribution in [3.8, 4) is 0 Å². The molecule has 1 heterocycles. The number of benzene rings is 1. The molecule has 0 saturated carbocycles. The summed E-state index contributed by atoms with van der Waals surface area (Å²) in [6.45, 7) is 0.973. The highest BCUT2D eigenvalue weighted by Crippen LogP contribution is 2.14. The molecule has 0 aliphatic carbocycles. The number of sulfone groups is 1. The van der Waals surface area contributed by atoms with Crippen molar-refractivity contribution >= 4 is 9.84 Å². The van der Waals surface area contributed by atoms with Crippen LogP contribution in [0.15, 0.2) is 24.3 Å². The van der Waals surface area contributed by atoms with Crippen LogP contribution in [0.4, 0.5) is 4.39 Å². The monoisotopic (exact) mass is 243 g/mol. The first-order valence-electron chi connectivity index (χ1n) is 5.25. The van der Waals surface area contributed by atoms with E-state index >= 15 is 0 Å². The smallest absolute Gasteiger partial charge is 0.155 e. The van der Waals surface area contributed by atoms with Gasteiger partial charge in [-0.15, -0.1) is 0 Å². The second-order valence-electron chi connectivity index (χ2n) is 4.03. The van der Waals surface area contributed by atoms with Gasteiger partial charge in [0, 0.05) is 13.1 Å². The minimum Gasteiger partial charge on any atom is -0.314 e. The molecule has 1 aromatic carbocycles. The van der Waals surface area contributed by atoms with Gasteiger partial charge in [-0.3, -0.25) is 0 Å². The summed E-state index contributed by atoms with van der Waals surface area (Å²) in [6.07, 6.45) is 0.382. The van der Waals surface area contributed by atoms with Crippen LogP contribution in [0.3, 0.4) is 0 Å². The number of rotatable bonds is 2. The van der Waals surface area contributed by atoms with Gasteiger partial charge in [-0.05, 0) is 24.1 Å². The molecule has 1 N–H and O–H groups in total. The third kappa shape index (κ3) is 2.59. The molecule has 88 valence electrons. The molecule has 1 unspecified atom stereocenters. The van der Waals surface area contributed by atoms with Gasteiger partial charge in [0.25, 0.3) is 0 Å². The van der Waals surface area contributed by atoms with Crippen molar-refractivity contribution in [3.05, 3.63) is 35.6 Å². The fraction of sp³-hybridized carbons (Fsp3) is 0.455. The van der Waals surface area contributed by atoms with Gasteiger partial charge in [0.2, 0.25) is 0 Å². The molecule has 5 heteroatoms. The lowest BCUT2D eigenvalue weighted by Gasteiger charge is -2.23. The van der Waals surface area contributed by atoms with Crippen molar-refractivity contribution in [2.24, 2.45) is 0 Å². The van der Waals surface area contributed by atoms with Gasteiger partial charge in [-0.2, -0.15) is 0 Å². The lowest BCUT2D eigenvalue weighted by Crippen LogP contribution is -2.44. The average molecular weight is 243 g/mol. The van der Waals surface area contributed by atoms with Gasteiger partial charge in [-0.25, -0.2) is 12.8 Å². The Morgan fingerprint density at radius 3 is 2.94 bits per heavy atom. The number of hydrogen-bond acceptors (Lipinski definition) is 3. The first kappa shape index (κ1) is 11.5. The highest BCUT2D eigenvalue weighted by molar-refractivity contribution is 7.92. The number of nitrogens with one attached hydrogen (secondary N) is 1. The molecule has 1 aromatic rings. The Hall–Kier alpha value is -0.940. The summed E-state index contributed by atoms with van der Waals surface area (Å²) in [7, 11) is -3.02. The Kier molecular flexibility index (Phi) is 3.25. The molecular weight excluding hydrogens is 229 g/mol. The molecule has 1 aliphatic heterocycles. The Labute approximate surface area is 94.6 Å². The quantitative estimate of drug-likeness (QED) is 0.834. The Bertz CT molecular complexity index is 473. The fourth-order valence-electron chi connectivity index (χ4n) is 1.90. The van der Waals surface area contributed by atoms with E-state index in [4.69, 9.17) is 0 Å². The lowest BCUT2D eigenvalue weighted by atomic mass is 10.1. The predicted octanol–water partition coefficient (Wildman–Crippen LogP) is 0.755. The van der Waals surface area contributed by atoms with E-state index in [2.05, 4.69) is 5.32 Å². The highest BCUT2D eigenvalue weighted by Gasteiger charge is 2.28. The molecule has 0 amide bonds. The minimum absolute atomic E-state index is 0.174. The topological polar surface area (TPSA) is 46.2 Å². The minimum atomic E-state index is -3.02. The Morgan fingerprint density at radius 2 is 2.25 bits per heavy atom. The zero-order valence-corrected chi connectivity index (χ0v) is 9.63. The maximum Gasteiger partial charge on any atom is 0.155 e. The van der Waals surface area contributed by atoms with E-state index in [0.717, 1.165) is 5.56 Å². The van der Waals surface area contributed by atoms with Gasteiger partial charge < -0.3 is 5.32 Å². The van der Waals surface area contributed by atoms with Gasteiger partial charge in [0.1, 0.15) is 5.82 Å². The molecule has 1 aliphatic rings. The molecule has 1 atom stereocenters. The van der Waals surface area contributed by atoms with Crippen LogP contribution in [0.5, 0.6) is 0 Å². The van der Waals surface area contributed by atoms with Crippen LogP contribution >= 0.6 is 0 Å². The van der Waals surface area contributed by atoms with E-state index in [1.165, 1.54) is 12.1 Å². The van der Waals surface area contributed by atoms with E-state index < -0.39 is 15.1 Å². The van der Waals surface area contributed by atoms with Gasteiger partial charge in [0.05, 0.1) is 11.0 Å². The number of hydrogen-bond donors (Lipinski definition) is 1. The lowest BCUT2D eigenvalue weighted by molar-refractivity contribution is 0.543.